The molecule has 2 aromatic carbocycles. The molecule has 1 aliphatic rings. The van der Waals surface area contributed by atoms with Gasteiger partial charge < -0.3 is 19.9 Å². The largest absolute Gasteiger partial charge is 0.492 e. The quantitative estimate of drug-likeness (QED) is 0.825. The number of para-hydroxylation sites is 2. The molecule has 1 fully saturated rings. The fourth-order valence-electron chi connectivity index (χ4n) is 3.20. The van der Waals surface area contributed by atoms with E-state index in [9.17, 15) is 4.79 Å². The molecule has 0 atom stereocenters. The predicted octanol–water partition coefficient (Wildman–Crippen LogP) is 2.53. The number of hydrogen-bond donors (Lipinski definition) is 2. The zero-order valence-electron chi connectivity index (χ0n) is 15.9. The number of amides is 2. The second kappa shape index (κ2) is 9.78. The van der Waals surface area contributed by atoms with Crippen molar-refractivity contribution in [3.8, 4) is 5.75 Å². The van der Waals surface area contributed by atoms with Gasteiger partial charge in [-0.25, -0.2) is 4.79 Å². The maximum atomic E-state index is 12.6. The lowest BCUT2D eigenvalue weighted by atomic mass is 10.2. The Balaban J connectivity index is 1.46. The number of hydrogen-bond acceptors (Lipinski definition) is 2. The number of carbonyl (C=O) groups is 1. The second-order valence-corrected chi connectivity index (χ2v) is 6.61. The van der Waals surface area contributed by atoms with E-state index in [0.29, 0.717) is 12.4 Å². The van der Waals surface area contributed by atoms with E-state index in [0.717, 1.165) is 38.4 Å². The second-order valence-electron chi connectivity index (χ2n) is 6.61. The van der Waals surface area contributed by atoms with Crippen LogP contribution in [0.25, 0.3) is 6.08 Å². The third-order valence-corrected chi connectivity index (χ3v) is 4.70. The Morgan fingerprint density at radius 2 is 1.81 bits per heavy atom. The highest BCUT2D eigenvalue weighted by Crippen LogP contribution is 2.23. The van der Waals surface area contributed by atoms with Gasteiger partial charge in [-0.2, -0.15) is 0 Å². The summed E-state index contributed by atoms with van der Waals surface area (Å²) in [4.78, 5) is 15.9. The van der Waals surface area contributed by atoms with Gasteiger partial charge in [-0.3, -0.25) is 0 Å². The summed E-state index contributed by atoms with van der Waals surface area (Å²) < 4.78 is 5.58. The van der Waals surface area contributed by atoms with Crippen LogP contribution in [0.5, 0.6) is 5.75 Å². The van der Waals surface area contributed by atoms with Gasteiger partial charge >= 0.3 is 6.03 Å². The summed E-state index contributed by atoms with van der Waals surface area (Å²) in [5, 5.41) is 2.98. The molecule has 5 nitrogen and oxygen atoms in total. The van der Waals surface area contributed by atoms with Crippen LogP contribution >= 0.6 is 0 Å². The van der Waals surface area contributed by atoms with Gasteiger partial charge in [-0.05, 0) is 30.7 Å². The third kappa shape index (κ3) is 5.59. The topological polar surface area (TPSA) is 46.0 Å². The fraction of sp³-hybridized carbons (Fsp3) is 0.318. The minimum absolute atomic E-state index is 0.0546. The van der Waals surface area contributed by atoms with Crippen molar-refractivity contribution in [1.82, 2.24) is 4.90 Å². The first kappa shape index (κ1) is 19.0. The molecule has 0 aromatic heterocycles. The molecular weight excluding hydrogens is 338 g/mol. The van der Waals surface area contributed by atoms with Crippen molar-refractivity contribution in [2.24, 2.45) is 0 Å². The molecule has 0 unspecified atom stereocenters. The van der Waals surface area contributed by atoms with Crippen molar-refractivity contribution in [2.75, 3.05) is 44.6 Å². The minimum Gasteiger partial charge on any atom is -0.492 e. The van der Waals surface area contributed by atoms with Crippen LogP contribution in [-0.4, -0.2) is 50.3 Å². The Bertz CT molecular complexity index is 753. The molecule has 0 radical (unpaired) electrons. The van der Waals surface area contributed by atoms with Crippen molar-refractivity contribution in [1.29, 1.82) is 0 Å². The SMILES string of the molecule is CCOc1ccccc1NC(=O)N1CC[NH+](C/C=C/c2ccccc2)CC1. The zero-order valence-corrected chi connectivity index (χ0v) is 15.9. The van der Waals surface area contributed by atoms with Crippen molar-refractivity contribution < 1.29 is 14.4 Å². The van der Waals surface area contributed by atoms with Gasteiger partial charge in [-0.1, -0.05) is 48.5 Å². The summed E-state index contributed by atoms with van der Waals surface area (Å²) >= 11 is 0. The molecule has 0 aliphatic carbocycles. The molecule has 0 saturated carbocycles. The van der Waals surface area contributed by atoms with Gasteiger partial charge in [0.25, 0.3) is 0 Å². The Labute approximate surface area is 161 Å². The van der Waals surface area contributed by atoms with Crippen LogP contribution in [-0.2, 0) is 0 Å². The standard InChI is InChI=1S/C22H27N3O2/c1-2-27-21-13-7-6-12-20(21)23-22(26)25-17-15-24(16-18-25)14-8-11-19-9-4-3-5-10-19/h3-13H,2,14-18H2,1H3,(H,23,26)/p+1/b11-8+. The summed E-state index contributed by atoms with van der Waals surface area (Å²) in [5.74, 6) is 0.712. The van der Waals surface area contributed by atoms with Gasteiger partial charge in [0.1, 0.15) is 5.75 Å². The van der Waals surface area contributed by atoms with Crippen molar-refractivity contribution in [3.63, 3.8) is 0 Å². The first-order chi connectivity index (χ1) is 13.3. The molecule has 3 rings (SSSR count). The lowest BCUT2D eigenvalue weighted by molar-refractivity contribution is -0.898. The van der Waals surface area contributed by atoms with Crippen molar-refractivity contribution >= 4 is 17.8 Å². The molecule has 0 bridgehead atoms. The normalized spacial score (nSPS) is 15.1. The highest BCUT2D eigenvalue weighted by Gasteiger charge is 2.23. The number of nitrogens with one attached hydrogen (secondary N) is 2. The van der Waals surface area contributed by atoms with Crippen LogP contribution < -0.4 is 15.0 Å². The van der Waals surface area contributed by atoms with Gasteiger partial charge in [-0.15, -0.1) is 0 Å². The number of quaternary nitrogens is 1. The van der Waals surface area contributed by atoms with Crippen LogP contribution in [0.1, 0.15) is 12.5 Å². The summed E-state index contributed by atoms with van der Waals surface area (Å²) in [5.41, 5.74) is 1.95. The van der Waals surface area contributed by atoms with Crippen molar-refractivity contribution in [2.45, 2.75) is 6.92 Å². The molecule has 2 aromatic rings. The Morgan fingerprint density at radius 1 is 1.11 bits per heavy atom. The summed E-state index contributed by atoms with van der Waals surface area (Å²) in [6.45, 7) is 6.93. The maximum Gasteiger partial charge on any atom is 0.322 e. The van der Waals surface area contributed by atoms with E-state index in [2.05, 4.69) is 29.6 Å². The number of ether oxygens (including phenoxy) is 1. The number of nitrogens with zero attached hydrogens (tertiary/aromatic N) is 1. The average Bonchev–Trinajstić information content (AvgIpc) is 2.71. The van der Waals surface area contributed by atoms with E-state index in [1.807, 2.05) is 54.3 Å². The lowest BCUT2D eigenvalue weighted by Crippen LogP contribution is -3.14. The predicted molar refractivity (Wildman–Crippen MR) is 109 cm³/mol. The Hall–Kier alpha value is -2.79. The molecule has 27 heavy (non-hydrogen) atoms. The number of carbonyl (C=O) groups excluding carboxylic acids is 1. The minimum atomic E-state index is -0.0546. The first-order valence-corrected chi connectivity index (χ1v) is 9.59. The first-order valence-electron chi connectivity index (χ1n) is 9.59. The molecule has 5 heteroatoms. The Morgan fingerprint density at radius 3 is 2.56 bits per heavy atom. The van der Waals surface area contributed by atoms with E-state index in [1.165, 1.54) is 10.5 Å². The molecule has 0 spiro atoms. The summed E-state index contributed by atoms with van der Waals surface area (Å²) in [7, 11) is 0. The van der Waals surface area contributed by atoms with Crippen LogP contribution in [0.15, 0.2) is 60.7 Å². The van der Waals surface area contributed by atoms with Gasteiger partial charge in [0.15, 0.2) is 0 Å². The number of benzene rings is 2. The smallest absolute Gasteiger partial charge is 0.322 e. The van der Waals surface area contributed by atoms with Crippen LogP contribution in [0.2, 0.25) is 0 Å². The monoisotopic (exact) mass is 366 g/mol. The third-order valence-electron chi connectivity index (χ3n) is 4.70. The van der Waals surface area contributed by atoms with Crippen LogP contribution in [0, 0.1) is 0 Å². The molecule has 2 amide bonds. The zero-order chi connectivity index (χ0) is 18.9. The molecule has 1 aliphatic heterocycles. The Kier molecular flexibility index (Phi) is 6.88. The van der Waals surface area contributed by atoms with Crippen LogP contribution in [0.3, 0.4) is 0 Å². The maximum absolute atomic E-state index is 12.6. The van der Waals surface area contributed by atoms with E-state index in [1.54, 1.807) is 0 Å². The highest BCUT2D eigenvalue weighted by molar-refractivity contribution is 5.91. The molecule has 2 N–H and O–H groups in total. The number of rotatable bonds is 6. The summed E-state index contributed by atoms with van der Waals surface area (Å²) in [6, 6.07) is 17.8. The highest BCUT2D eigenvalue weighted by atomic mass is 16.5. The molecule has 142 valence electrons. The van der Waals surface area contributed by atoms with E-state index < -0.39 is 0 Å². The average molecular weight is 366 g/mol. The number of piperazine rings is 1. The van der Waals surface area contributed by atoms with E-state index in [-0.39, 0.29) is 6.03 Å². The summed E-state index contributed by atoms with van der Waals surface area (Å²) in [6.07, 6.45) is 4.38. The van der Waals surface area contributed by atoms with Gasteiger partial charge in [0.2, 0.25) is 0 Å². The fourth-order valence-corrected chi connectivity index (χ4v) is 3.20. The van der Waals surface area contributed by atoms with Crippen molar-refractivity contribution in [3.05, 3.63) is 66.2 Å². The lowest BCUT2D eigenvalue weighted by Gasteiger charge is -2.31. The van der Waals surface area contributed by atoms with E-state index >= 15 is 0 Å². The molecule has 1 heterocycles. The molecule has 1 saturated heterocycles. The van der Waals surface area contributed by atoms with Crippen LogP contribution in [0.4, 0.5) is 10.5 Å². The van der Waals surface area contributed by atoms with Gasteiger partial charge in [0, 0.05) is 0 Å². The van der Waals surface area contributed by atoms with E-state index in [4.69, 9.17) is 4.74 Å². The number of urea groups is 1. The van der Waals surface area contributed by atoms with Gasteiger partial charge in [0.05, 0.1) is 45.0 Å². The number of anilines is 1. The molecular formula is C22H28N3O2+.